The Morgan fingerprint density at radius 1 is 1.16 bits per heavy atom. The van der Waals surface area contributed by atoms with E-state index in [9.17, 15) is 19.7 Å². The first kappa shape index (κ1) is 23.9. The number of nitro benzene ring substituents is 1. The quantitative estimate of drug-likeness (QED) is 0.513. The molecule has 0 aliphatic rings. The number of hydrogen-bond acceptors (Lipinski definition) is 5. The fourth-order valence-corrected chi connectivity index (χ4v) is 3.13. The molecule has 2 aromatic carbocycles. The molecule has 0 aromatic heterocycles. The van der Waals surface area contributed by atoms with E-state index in [1.807, 2.05) is 26.8 Å². The second-order valence-electron chi connectivity index (χ2n) is 8.35. The van der Waals surface area contributed by atoms with Gasteiger partial charge in [-0.15, -0.1) is 0 Å². The van der Waals surface area contributed by atoms with E-state index >= 15 is 0 Å². The Hall–Kier alpha value is -3.42. The predicted octanol–water partition coefficient (Wildman–Crippen LogP) is 3.48. The molecule has 0 fully saturated rings. The lowest BCUT2D eigenvalue weighted by molar-refractivity contribution is -0.385. The van der Waals surface area contributed by atoms with Gasteiger partial charge in [-0.3, -0.25) is 19.7 Å². The van der Waals surface area contributed by atoms with Crippen LogP contribution in [-0.2, 0) is 22.6 Å². The highest BCUT2D eigenvalue weighted by Crippen LogP contribution is 2.21. The highest BCUT2D eigenvalue weighted by molar-refractivity contribution is 5.88. The summed E-state index contributed by atoms with van der Waals surface area (Å²) in [5, 5.41) is 14.2. The molecule has 8 heteroatoms. The van der Waals surface area contributed by atoms with Gasteiger partial charge in [0.05, 0.1) is 18.5 Å². The highest BCUT2D eigenvalue weighted by Gasteiger charge is 2.29. The molecule has 166 valence electrons. The molecule has 0 bridgehead atoms. The Balaban J connectivity index is 2.35. The summed E-state index contributed by atoms with van der Waals surface area (Å²) in [4.78, 5) is 38.3. The summed E-state index contributed by atoms with van der Waals surface area (Å²) in [6, 6.07) is 12.6. The minimum absolute atomic E-state index is 0.121. The molecule has 0 spiro atoms. The lowest BCUT2D eigenvalue weighted by Gasteiger charge is -2.31. The van der Waals surface area contributed by atoms with Gasteiger partial charge in [0.2, 0.25) is 11.8 Å². The van der Waals surface area contributed by atoms with E-state index in [-0.39, 0.29) is 30.5 Å². The van der Waals surface area contributed by atoms with Gasteiger partial charge in [0.15, 0.2) is 0 Å². The maximum atomic E-state index is 13.2. The van der Waals surface area contributed by atoms with Crippen molar-refractivity contribution in [2.45, 2.75) is 52.2 Å². The molecule has 2 rings (SSSR count). The summed E-state index contributed by atoms with van der Waals surface area (Å²) in [6.07, 6.45) is -0.186. The summed E-state index contributed by atoms with van der Waals surface area (Å²) in [7, 11) is 1.55. The van der Waals surface area contributed by atoms with Crippen LogP contribution in [0.25, 0.3) is 0 Å². The number of nitrogens with zero attached hydrogens (tertiary/aromatic N) is 2. The maximum Gasteiger partial charge on any atom is 0.273 e. The summed E-state index contributed by atoms with van der Waals surface area (Å²) in [5.41, 5.74) is 0.500. The number of para-hydroxylation sites is 1. The molecule has 2 amide bonds. The molecule has 1 atom stereocenters. The first-order valence-electron chi connectivity index (χ1n) is 9.98. The van der Waals surface area contributed by atoms with Crippen molar-refractivity contribution < 1.29 is 19.2 Å². The molecule has 0 aliphatic carbocycles. The molecule has 0 aliphatic heterocycles. The van der Waals surface area contributed by atoms with E-state index < -0.39 is 16.5 Å². The predicted molar refractivity (Wildman–Crippen MR) is 118 cm³/mol. The maximum absolute atomic E-state index is 13.2. The van der Waals surface area contributed by atoms with Gasteiger partial charge >= 0.3 is 0 Å². The topological polar surface area (TPSA) is 102 Å². The SMILES string of the molecule is COc1cccc(CN(C(=O)Cc2ccccc2[N+](=O)[O-])[C@H](C)C(=O)NC(C)(C)C)c1. The van der Waals surface area contributed by atoms with E-state index in [0.717, 1.165) is 5.56 Å². The first-order valence-corrected chi connectivity index (χ1v) is 9.98. The normalized spacial score (nSPS) is 12.0. The van der Waals surface area contributed by atoms with Crippen LogP contribution in [0.4, 0.5) is 5.69 Å². The van der Waals surface area contributed by atoms with Gasteiger partial charge in [-0.2, -0.15) is 0 Å². The summed E-state index contributed by atoms with van der Waals surface area (Å²) < 4.78 is 5.25. The van der Waals surface area contributed by atoms with Crippen LogP contribution in [0.2, 0.25) is 0 Å². The van der Waals surface area contributed by atoms with Crippen molar-refractivity contribution in [2.75, 3.05) is 7.11 Å². The van der Waals surface area contributed by atoms with Crippen molar-refractivity contribution >= 4 is 17.5 Å². The van der Waals surface area contributed by atoms with Crippen LogP contribution in [0.5, 0.6) is 5.75 Å². The molecular formula is C23H29N3O5. The van der Waals surface area contributed by atoms with Crippen LogP contribution in [0, 0.1) is 10.1 Å². The van der Waals surface area contributed by atoms with Crippen molar-refractivity contribution in [3.63, 3.8) is 0 Å². The molecule has 0 heterocycles. The Labute approximate surface area is 182 Å². The standard InChI is InChI=1S/C23H29N3O5/c1-16(22(28)24-23(2,3)4)25(15-17-9-8-11-19(13-17)31-5)21(27)14-18-10-6-7-12-20(18)26(29)30/h6-13,16H,14-15H2,1-5H3,(H,24,28)/t16-/m1/s1. The van der Waals surface area contributed by atoms with E-state index in [1.165, 1.54) is 11.0 Å². The van der Waals surface area contributed by atoms with Crippen LogP contribution in [0.15, 0.2) is 48.5 Å². The zero-order valence-electron chi connectivity index (χ0n) is 18.5. The van der Waals surface area contributed by atoms with Crippen LogP contribution < -0.4 is 10.1 Å². The van der Waals surface area contributed by atoms with Gasteiger partial charge in [0.1, 0.15) is 11.8 Å². The van der Waals surface area contributed by atoms with Gasteiger partial charge in [-0.05, 0) is 45.4 Å². The fraction of sp³-hybridized carbons (Fsp3) is 0.391. The number of amides is 2. The highest BCUT2D eigenvalue weighted by atomic mass is 16.6. The molecule has 2 aromatic rings. The molecular weight excluding hydrogens is 398 g/mol. The minimum Gasteiger partial charge on any atom is -0.497 e. The molecule has 0 saturated heterocycles. The third-order valence-corrected chi connectivity index (χ3v) is 4.68. The van der Waals surface area contributed by atoms with Crippen molar-refractivity contribution in [3.8, 4) is 5.75 Å². The minimum atomic E-state index is -0.777. The Kier molecular flexibility index (Phi) is 7.74. The zero-order chi connectivity index (χ0) is 23.2. The Bertz CT molecular complexity index is 952. The first-order chi connectivity index (χ1) is 14.5. The van der Waals surface area contributed by atoms with Crippen LogP contribution in [-0.4, -0.2) is 40.3 Å². The fourth-order valence-electron chi connectivity index (χ4n) is 3.13. The second-order valence-corrected chi connectivity index (χ2v) is 8.35. The second kappa shape index (κ2) is 10.1. The van der Waals surface area contributed by atoms with E-state index in [1.54, 1.807) is 50.4 Å². The number of methoxy groups -OCH3 is 1. The Morgan fingerprint density at radius 2 is 1.84 bits per heavy atom. The number of carbonyl (C=O) groups is 2. The third kappa shape index (κ3) is 6.80. The number of ether oxygens (including phenoxy) is 1. The monoisotopic (exact) mass is 427 g/mol. The number of benzene rings is 2. The average Bonchev–Trinajstić information content (AvgIpc) is 2.70. The molecule has 0 saturated carbocycles. The van der Waals surface area contributed by atoms with Crippen molar-refractivity contribution in [3.05, 3.63) is 69.8 Å². The van der Waals surface area contributed by atoms with E-state index in [2.05, 4.69) is 5.32 Å². The van der Waals surface area contributed by atoms with Gasteiger partial charge in [0, 0.05) is 23.7 Å². The number of nitro groups is 1. The summed E-state index contributed by atoms with van der Waals surface area (Å²) in [6.45, 7) is 7.39. The van der Waals surface area contributed by atoms with Gasteiger partial charge in [-0.1, -0.05) is 30.3 Å². The molecule has 1 N–H and O–H groups in total. The summed E-state index contributed by atoms with van der Waals surface area (Å²) in [5.74, 6) is -0.0459. The van der Waals surface area contributed by atoms with Gasteiger partial charge in [0.25, 0.3) is 5.69 Å². The molecule has 31 heavy (non-hydrogen) atoms. The van der Waals surface area contributed by atoms with Gasteiger partial charge in [-0.25, -0.2) is 0 Å². The van der Waals surface area contributed by atoms with Crippen molar-refractivity contribution in [1.29, 1.82) is 0 Å². The molecule has 8 nitrogen and oxygen atoms in total. The average molecular weight is 428 g/mol. The lowest BCUT2D eigenvalue weighted by Crippen LogP contribution is -2.52. The van der Waals surface area contributed by atoms with Crippen LogP contribution in [0.3, 0.4) is 0 Å². The largest absolute Gasteiger partial charge is 0.497 e. The molecule has 0 unspecified atom stereocenters. The van der Waals surface area contributed by atoms with Crippen molar-refractivity contribution in [1.82, 2.24) is 10.2 Å². The Morgan fingerprint density at radius 3 is 2.45 bits per heavy atom. The van der Waals surface area contributed by atoms with E-state index in [0.29, 0.717) is 11.3 Å². The summed E-state index contributed by atoms with van der Waals surface area (Å²) >= 11 is 0. The van der Waals surface area contributed by atoms with Crippen molar-refractivity contribution in [2.24, 2.45) is 0 Å². The number of nitrogens with one attached hydrogen (secondary N) is 1. The van der Waals surface area contributed by atoms with Gasteiger partial charge < -0.3 is 15.0 Å². The van der Waals surface area contributed by atoms with Crippen LogP contribution in [0.1, 0.15) is 38.8 Å². The zero-order valence-corrected chi connectivity index (χ0v) is 18.5. The number of hydrogen-bond donors (Lipinski definition) is 1. The number of rotatable bonds is 8. The smallest absolute Gasteiger partial charge is 0.273 e. The van der Waals surface area contributed by atoms with Crippen LogP contribution >= 0.6 is 0 Å². The third-order valence-electron chi connectivity index (χ3n) is 4.68. The number of carbonyl (C=O) groups excluding carboxylic acids is 2. The molecule has 0 radical (unpaired) electrons. The lowest BCUT2D eigenvalue weighted by atomic mass is 10.1. The van der Waals surface area contributed by atoms with E-state index in [4.69, 9.17) is 4.74 Å².